The molecule has 0 aliphatic heterocycles. The van der Waals surface area contributed by atoms with E-state index in [0.29, 0.717) is 12.1 Å². The minimum atomic E-state index is 0.626. The van der Waals surface area contributed by atoms with E-state index < -0.39 is 0 Å². The Kier molecular flexibility index (Phi) is 3.84. The van der Waals surface area contributed by atoms with Gasteiger partial charge in [0.15, 0.2) is 5.11 Å². The van der Waals surface area contributed by atoms with Gasteiger partial charge in [-0.25, -0.2) is 0 Å². The van der Waals surface area contributed by atoms with Crippen LogP contribution in [0.2, 0.25) is 0 Å². The van der Waals surface area contributed by atoms with Crippen molar-refractivity contribution in [2.45, 2.75) is 64.0 Å². The zero-order chi connectivity index (χ0) is 10.7. The van der Waals surface area contributed by atoms with Crippen LogP contribution in [0, 0.1) is 5.92 Å². The van der Waals surface area contributed by atoms with Crippen LogP contribution in [-0.4, -0.2) is 17.2 Å². The first kappa shape index (κ1) is 11.2. The number of nitrogens with one attached hydrogen (secondary N) is 2. The fraction of sp³-hybridized carbons (Fsp3) is 0.917. The summed E-state index contributed by atoms with van der Waals surface area (Å²) in [5.41, 5.74) is 0. The molecule has 0 aromatic rings. The highest BCUT2D eigenvalue weighted by atomic mass is 32.1. The lowest BCUT2D eigenvalue weighted by atomic mass is 10.1. The van der Waals surface area contributed by atoms with Crippen molar-refractivity contribution in [3.63, 3.8) is 0 Å². The lowest BCUT2D eigenvalue weighted by Crippen LogP contribution is -2.44. The summed E-state index contributed by atoms with van der Waals surface area (Å²) in [6, 6.07) is 1.27. The molecule has 2 aliphatic rings. The van der Waals surface area contributed by atoms with E-state index in [0.717, 1.165) is 11.0 Å². The maximum absolute atomic E-state index is 5.34. The second-order valence-corrected chi connectivity index (χ2v) is 5.62. The summed E-state index contributed by atoms with van der Waals surface area (Å²) >= 11 is 5.34. The number of thiocarbonyl (C=S) groups is 1. The number of hydrogen-bond acceptors (Lipinski definition) is 1. The highest BCUT2D eigenvalue weighted by Crippen LogP contribution is 2.24. The van der Waals surface area contributed by atoms with Gasteiger partial charge in [-0.1, -0.05) is 19.8 Å². The van der Waals surface area contributed by atoms with Gasteiger partial charge in [0, 0.05) is 12.1 Å². The lowest BCUT2D eigenvalue weighted by Gasteiger charge is -2.19. The summed E-state index contributed by atoms with van der Waals surface area (Å²) in [7, 11) is 0. The van der Waals surface area contributed by atoms with Crippen molar-refractivity contribution in [1.82, 2.24) is 10.6 Å². The fourth-order valence-corrected chi connectivity index (χ4v) is 3.15. The quantitative estimate of drug-likeness (QED) is 0.708. The van der Waals surface area contributed by atoms with Gasteiger partial charge in [0.2, 0.25) is 0 Å². The molecule has 2 saturated carbocycles. The van der Waals surface area contributed by atoms with Crippen LogP contribution < -0.4 is 10.6 Å². The van der Waals surface area contributed by atoms with Crippen molar-refractivity contribution in [3.05, 3.63) is 0 Å². The zero-order valence-corrected chi connectivity index (χ0v) is 10.4. The van der Waals surface area contributed by atoms with E-state index in [-0.39, 0.29) is 0 Å². The second kappa shape index (κ2) is 5.15. The summed E-state index contributed by atoms with van der Waals surface area (Å²) in [6.45, 7) is 2.33. The molecule has 0 radical (unpaired) electrons. The molecule has 86 valence electrons. The van der Waals surface area contributed by atoms with Crippen molar-refractivity contribution in [2.24, 2.45) is 5.92 Å². The first-order chi connectivity index (χ1) is 7.24. The van der Waals surface area contributed by atoms with E-state index in [4.69, 9.17) is 12.2 Å². The summed E-state index contributed by atoms with van der Waals surface area (Å²) < 4.78 is 0. The van der Waals surface area contributed by atoms with Gasteiger partial charge < -0.3 is 10.6 Å². The molecular formula is C12H22N2S. The molecule has 2 atom stereocenters. The average molecular weight is 226 g/mol. The van der Waals surface area contributed by atoms with E-state index in [1.54, 1.807) is 0 Å². The van der Waals surface area contributed by atoms with Crippen molar-refractivity contribution < 1.29 is 0 Å². The van der Waals surface area contributed by atoms with Crippen LogP contribution in [0.25, 0.3) is 0 Å². The Hall–Kier alpha value is -0.310. The van der Waals surface area contributed by atoms with Crippen molar-refractivity contribution in [1.29, 1.82) is 0 Å². The molecule has 2 nitrogen and oxygen atoms in total. The van der Waals surface area contributed by atoms with Gasteiger partial charge in [-0.15, -0.1) is 0 Å². The van der Waals surface area contributed by atoms with Gasteiger partial charge in [-0.2, -0.15) is 0 Å². The Bertz CT molecular complexity index is 224. The van der Waals surface area contributed by atoms with Gasteiger partial charge in [-0.3, -0.25) is 0 Å². The summed E-state index contributed by atoms with van der Waals surface area (Å²) in [4.78, 5) is 0. The molecule has 2 N–H and O–H groups in total. The third-order valence-electron chi connectivity index (χ3n) is 3.72. The molecule has 15 heavy (non-hydrogen) atoms. The van der Waals surface area contributed by atoms with Crippen LogP contribution >= 0.6 is 12.2 Å². The predicted octanol–water partition coefficient (Wildman–Crippen LogP) is 2.58. The topological polar surface area (TPSA) is 24.1 Å². The molecule has 0 spiro atoms. The smallest absolute Gasteiger partial charge is 0.166 e. The van der Waals surface area contributed by atoms with E-state index in [9.17, 15) is 0 Å². The van der Waals surface area contributed by atoms with E-state index in [1.807, 2.05) is 0 Å². The summed E-state index contributed by atoms with van der Waals surface area (Å²) in [6.07, 6.45) is 9.23. The first-order valence-corrected chi connectivity index (χ1v) is 6.72. The maximum Gasteiger partial charge on any atom is 0.166 e. The summed E-state index contributed by atoms with van der Waals surface area (Å²) in [5, 5.41) is 7.79. The molecule has 0 saturated heterocycles. The van der Waals surface area contributed by atoms with Gasteiger partial charge in [0.1, 0.15) is 0 Å². The Labute approximate surface area is 98.2 Å². The molecule has 2 unspecified atom stereocenters. The Morgan fingerprint density at radius 2 is 1.67 bits per heavy atom. The normalized spacial score (nSPS) is 31.8. The predicted molar refractivity (Wildman–Crippen MR) is 67.9 cm³/mol. The summed E-state index contributed by atoms with van der Waals surface area (Å²) in [5.74, 6) is 0.872. The van der Waals surface area contributed by atoms with Gasteiger partial charge in [0.05, 0.1) is 0 Å². The van der Waals surface area contributed by atoms with E-state index in [2.05, 4.69) is 17.6 Å². The van der Waals surface area contributed by atoms with Gasteiger partial charge in [-0.05, 0) is 50.2 Å². The molecule has 0 bridgehead atoms. The van der Waals surface area contributed by atoms with Crippen LogP contribution in [-0.2, 0) is 0 Å². The molecule has 2 rings (SSSR count). The lowest BCUT2D eigenvalue weighted by molar-refractivity contribution is 0.555. The minimum Gasteiger partial charge on any atom is -0.360 e. The molecule has 3 heteroatoms. The molecular weight excluding hydrogens is 204 g/mol. The minimum absolute atomic E-state index is 0.626. The third-order valence-corrected chi connectivity index (χ3v) is 3.96. The molecule has 2 fully saturated rings. The fourth-order valence-electron chi connectivity index (χ4n) is 2.82. The molecule has 0 aromatic heterocycles. The first-order valence-electron chi connectivity index (χ1n) is 6.31. The van der Waals surface area contributed by atoms with Gasteiger partial charge >= 0.3 is 0 Å². The Balaban J connectivity index is 1.67. The largest absolute Gasteiger partial charge is 0.360 e. The standard InChI is InChI=1S/C12H22N2S/c1-9-6-7-11(8-9)14-12(15)13-10-4-2-3-5-10/h9-11H,2-8H2,1H3,(H2,13,14,15). The van der Waals surface area contributed by atoms with E-state index >= 15 is 0 Å². The van der Waals surface area contributed by atoms with Crippen LogP contribution in [0.3, 0.4) is 0 Å². The highest BCUT2D eigenvalue weighted by Gasteiger charge is 2.22. The number of rotatable bonds is 2. The van der Waals surface area contributed by atoms with E-state index in [1.165, 1.54) is 44.9 Å². The van der Waals surface area contributed by atoms with Crippen molar-refractivity contribution in [2.75, 3.05) is 0 Å². The van der Waals surface area contributed by atoms with Crippen LogP contribution in [0.1, 0.15) is 51.9 Å². The van der Waals surface area contributed by atoms with Crippen LogP contribution in [0.15, 0.2) is 0 Å². The monoisotopic (exact) mass is 226 g/mol. The average Bonchev–Trinajstić information content (AvgIpc) is 2.77. The SMILES string of the molecule is CC1CCC(NC(=S)NC2CCCC2)C1. The van der Waals surface area contributed by atoms with Crippen LogP contribution in [0.4, 0.5) is 0 Å². The maximum atomic E-state index is 5.34. The molecule has 2 aliphatic carbocycles. The highest BCUT2D eigenvalue weighted by molar-refractivity contribution is 7.80. The number of hydrogen-bond donors (Lipinski definition) is 2. The van der Waals surface area contributed by atoms with Crippen molar-refractivity contribution in [3.8, 4) is 0 Å². The molecule has 0 amide bonds. The zero-order valence-electron chi connectivity index (χ0n) is 9.59. The third kappa shape index (κ3) is 3.33. The molecule has 0 heterocycles. The van der Waals surface area contributed by atoms with Gasteiger partial charge in [0.25, 0.3) is 0 Å². The molecule has 0 aromatic carbocycles. The Morgan fingerprint density at radius 3 is 2.27 bits per heavy atom. The van der Waals surface area contributed by atoms with Crippen LogP contribution in [0.5, 0.6) is 0 Å². The second-order valence-electron chi connectivity index (χ2n) is 5.21. The van der Waals surface area contributed by atoms with Crippen molar-refractivity contribution >= 4 is 17.3 Å². The Morgan fingerprint density at radius 1 is 1.00 bits per heavy atom.